The van der Waals surface area contributed by atoms with Gasteiger partial charge in [0.15, 0.2) is 0 Å². The second kappa shape index (κ2) is 14.9. The van der Waals surface area contributed by atoms with Crippen molar-refractivity contribution < 1.29 is 19.1 Å². The molecule has 0 aliphatic heterocycles. The van der Waals surface area contributed by atoms with Gasteiger partial charge >= 0.3 is 6.09 Å². The van der Waals surface area contributed by atoms with E-state index in [0.717, 1.165) is 44.9 Å². The van der Waals surface area contributed by atoms with Gasteiger partial charge in [0.1, 0.15) is 17.7 Å². The fourth-order valence-corrected chi connectivity index (χ4v) is 4.83. The number of thiol groups is 1. The first-order chi connectivity index (χ1) is 17.6. The summed E-state index contributed by atoms with van der Waals surface area (Å²) in [5.41, 5.74) is 0.434. The van der Waals surface area contributed by atoms with Crippen molar-refractivity contribution in [3.63, 3.8) is 0 Å². The lowest BCUT2D eigenvalue weighted by atomic mass is 9.93. The van der Waals surface area contributed by atoms with Crippen LogP contribution in [0.4, 0.5) is 4.79 Å². The van der Waals surface area contributed by atoms with Crippen LogP contribution < -0.4 is 10.6 Å². The lowest BCUT2D eigenvalue weighted by Gasteiger charge is -2.36. The average Bonchev–Trinajstić information content (AvgIpc) is 2.86. The number of hydrogen-bond acceptors (Lipinski definition) is 5. The number of unbranched alkanes of at least 4 members (excludes halogenated alkanes) is 2. The molecule has 1 aliphatic carbocycles. The average molecular weight is 530 g/mol. The minimum absolute atomic E-state index is 0.0517. The first-order valence-electron chi connectivity index (χ1n) is 13.4. The second-order valence-electron chi connectivity index (χ2n) is 10.6. The quantitative estimate of drug-likeness (QED) is 0.214. The van der Waals surface area contributed by atoms with E-state index >= 15 is 0 Å². The molecule has 1 aliphatic rings. The lowest BCUT2D eigenvalue weighted by molar-refractivity contribution is -0.142. The molecule has 7 nitrogen and oxygen atoms in total. The number of amides is 3. The van der Waals surface area contributed by atoms with E-state index in [2.05, 4.69) is 36.1 Å². The van der Waals surface area contributed by atoms with Crippen LogP contribution in [-0.2, 0) is 14.3 Å². The van der Waals surface area contributed by atoms with Gasteiger partial charge in [-0.15, -0.1) is 6.42 Å². The summed E-state index contributed by atoms with van der Waals surface area (Å²) in [5.74, 6) is 2.07. The van der Waals surface area contributed by atoms with Crippen LogP contribution >= 0.6 is 12.6 Å². The topological polar surface area (TPSA) is 87.7 Å². The largest absolute Gasteiger partial charge is 0.444 e. The Labute approximate surface area is 227 Å². The number of alkyl carbamates (subject to hydrolysis) is 1. The Bertz CT molecular complexity index is 947. The number of nitrogens with one attached hydrogen (secondary N) is 2. The molecule has 37 heavy (non-hydrogen) atoms. The zero-order valence-corrected chi connectivity index (χ0v) is 23.6. The minimum atomic E-state index is -0.970. The zero-order chi connectivity index (χ0) is 27.4. The Hall–Kier alpha value is -2.66. The van der Waals surface area contributed by atoms with Crippen LogP contribution in [0, 0.1) is 12.3 Å². The van der Waals surface area contributed by atoms with Gasteiger partial charge in [0.25, 0.3) is 0 Å². The molecule has 0 spiro atoms. The van der Waals surface area contributed by atoms with Gasteiger partial charge in [0, 0.05) is 23.9 Å². The number of benzene rings is 1. The molecule has 0 aromatic heterocycles. The molecule has 0 heterocycles. The summed E-state index contributed by atoms with van der Waals surface area (Å²) in [6.45, 7) is 7.68. The molecule has 1 aromatic rings. The third-order valence-corrected chi connectivity index (χ3v) is 6.74. The summed E-state index contributed by atoms with van der Waals surface area (Å²) in [6, 6.07) is 5.38. The third kappa shape index (κ3) is 9.62. The van der Waals surface area contributed by atoms with E-state index in [1.165, 1.54) is 0 Å². The van der Waals surface area contributed by atoms with Crippen molar-refractivity contribution in [1.82, 2.24) is 15.5 Å². The third-order valence-electron chi connectivity index (χ3n) is 6.38. The van der Waals surface area contributed by atoms with Crippen molar-refractivity contribution in [2.75, 3.05) is 12.3 Å². The van der Waals surface area contributed by atoms with Gasteiger partial charge in [0.2, 0.25) is 11.8 Å². The highest BCUT2D eigenvalue weighted by Gasteiger charge is 2.37. The van der Waals surface area contributed by atoms with Crippen LogP contribution in [0.3, 0.4) is 0 Å². The maximum absolute atomic E-state index is 14.0. The number of hydrogen-bond donors (Lipinski definition) is 3. The number of carbonyl (C=O) groups excluding carboxylic acids is 3. The van der Waals surface area contributed by atoms with Gasteiger partial charge in [0.05, 0.1) is 0 Å². The monoisotopic (exact) mass is 529 g/mol. The molecule has 1 fully saturated rings. The summed E-state index contributed by atoms with van der Waals surface area (Å²) in [7, 11) is 0. The van der Waals surface area contributed by atoms with Gasteiger partial charge in [-0.3, -0.25) is 9.59 Å². The summed E-state index contributed by atoms with van der Waals surface area (Å²) < 4.78 is 5.37. The Balaban J connectivity index is 2.45. The predicted molar refractivity (Wildman–Crippen MR) is 150 cm³/mol. The molecule has 1 saturated carbocycles. The first-order valence-corrected chi connectivity index (χ1v) is 14.0. The van der Waals surface area contributed by atoms with Crippen molar-refractivity contribution in [1.29, 1.82) is 0 Å². The minimum Gasteiger partial charge on any atom is -0.444 e. The Morgan fingerprint density at radius 3 is 2.43 bits per heavy atom. The molecule has 2 N–H and O–H groups in total. The standard InChI is InChI=1S/C29H43N3O4S/c1-6-8-14-19-32(27(34)24(20-37)31-28(35)36-29(3,4)5)25(23-18-13-12-15-21(23)7-2)26(33)30-22-16-10-9-11-17-22/h2,12-13,15,18,22,24-25,37H,6,8-11,14,16-17,19-20H2,1,3-5H3,(H,30,33)(H,31,35). The maximum atomic E-state index is 14.0. The summed E-state index contributed by atoms with van der Waals surface area (Å²) >= 11 is 4.35. The molecule has 0 bridgehead atoms. The van der Waals surface area contributed by atoms with Crippen LogP contribution in [-0.4, -0.2) is 52.8 Å². The van der Waals surface area contributed by atoms with Gasteiger partial charge in [-0.25, -0.2) is 4.79 Å². The maximum Gasteiger partial charge on any atom is 0.408 e. The molecule has 0 radical (unpaired) electrons. The first kappa shape index (κ1) is 30.6. The molecule has 2 atom stereocenters. The molecule has 0 saturated heterocycles. The normalized spacial score (nSPS) is 15.7. The van der Waals surface area contributed by atoms with Crippen molar-refractivity contribution >= 4 is 30.5 Å². The summed E-state index contributed by atoms with van der Waals surface area (Å²) in [4.78, 5) is 41.9. The van der Waals surface area contributed by atoms with Gasteiger partial charge < -0.3 is 20.3 Å². The number of carbonyl (C=O) groups is 3. The highest BCUT2D eigenvalue weighted by atomic mass is 32.1. The molecule has 204 valence electrons. The van der Waals surface area contributed by atoms with Crippen molar-refractivity contribution in [3.8, 4) is 12.3 Å². The number of rotatable bonds is 11. The Kier molecular flexibility index (Phi) is 12.3. The molecule has 1 aromatic carbocycles. The van der Waals surface area contributed by atoms with E-state index < -0.39 is 29.7 Å². The van der Waals surface area contributed by atoms with E-state index in [4.69, 9.17) is 11.2 Å². The van der Waals surface area contributed by atoms with Crippen molar-refractivity contribution in [2.24, 2.45) is 0 Å². The Morgan fingerprint density at radius 1 is 1.16 bits per heavy atom. The molecular weight excluding hydrogens is 486 g/mol. The highest BCUT2D eigenvalue weighted by Crippen LogP contribution is 2.28. The molecule has 2 unspecified atom stereocenters. The van der Waals surface area contributed by atoms with Crippen LogP contribution in [0.1, 0.15) is 96.2 Å². The molecule has 3 amide bonds. The predicted octanol–water partition coefficient (Wildman–Crippen LogP) is 5.00. The van der Waals surface area contributed by atoms with E-state index in [-0.39, 0.29) is 17.7 Å². The van der Waals surface area contributed by atoms with Crippen molar-refractivity contribution in [3.05, 3.63) is 35.4 Å². The zero-order valence-electron chi connectivity index (χ0n) is 22.7. The van der Waals surface area contributed by atoms with Crippen LogP contribution in [0.5, 0.6) is 0 Å². The van der Waals surface area contributed by atoms with E-state index in [1.54, 1.807) is 37.8 Å². The van der Waals surface area contributed by atoms with Crippen LogP contribution in [0.25, 0.3) is 0 Å². The summed E-state index contributed by atoms with van der Waals surface area (Å²) in [5, 5.41) is 5.84. The van der Waals surface area contributed by atoms with E-state index in [1.807, 2.05) is 12.1 Å². The SMILES string of the molecule is C#Cc1ccccc1C(C(=O)NC1CCCCC1)N(CCCCC)C(=O)C(CS)NC(=O)OC(C)(C)C. The van der Waals surface area contributed by atoms with E-state index in [9.17, 15) is 14.4 Å². The van der Waals surface area contributed by atoms with Gasteiger partial charge in [-0.1, -0.05) is 63.1 Å². The van der Waals surface area contributed by atoms with Crippen LogP contribution in [0.2, 0.25) is 0 Å². The lowest BCUT2D eigenvalue weighted by Crippen LogP contribution is -2.54. The van der Waals surface area contributed by atoms with Crippen molar-refractivity contribution in [2.45, 2.75) is 103 Å². The van der Waals surface area contributed by atoms with E-state index in [0.29, 0.717) is 24.1 Å². The number of nitrogens with zero attached hydrogens (tertiary/aromatic N) is 1. The van der Waals surface area contributed by atoms with Crippen LogP contribution in [0.15, 0.2) is 24.3 Å². The molecule has 8 heteroatoms. The smallest absolute Gasteiger partial charge is 0.408 e. The Morgan fingerprint density at radius 2 is 1.84 bits per heavy atom. The molecular formula is C29H43N3O4S. The highest BCUT2D eigenvalue weighted by molar-refractivity contribution is 7.80. The number of terminal acetylenes is 1. The number of ether oxygens (including phenoxy) is 1. The fraction of sp³-hybridized carbons (Fsp3) is 0.621. The van der Waals surface area contributed by atoms with Gasteiger partial charge in [-0.2, -0.15) is 12.6 Å². The molecule has 2 rings (SSSR count). The van der Waals surface area contributed by atoms with Gasteiger partial charge in [-0.05, 0) is 51.7 Å². The second-order valence-corrected chi connectivity index (χ2v) is 11.0. The summed E-state index contributed by atoms with van der Waals surface area (Å²) in [6.07, 6.45) is 12.8. The fourth-order valence-electron chi connectivity index (χ4n) is 4.58.